The smallest absolute Gasteiger partial charge is 0.211 e. The lowest BCUT2D eigenvalue weighted by molar-refractivity contribution is 0.579. The topological polar surface area (TPSA) is 100 Å². The van der Waals surface area contributed by atoms with Crippen molar-refractivity contribution in [3.05, 3.63) is 48.3 Å². The van der Waals surface area contributed by atoms with Gasteiger partial charge in [-0.05, 0) is 43.5 Å². The second-order valence-corrected chi connectivity index (χ2v) is 8.04. The maximum Gasteiger partial charge on any atom is 0.211 e. The number of benzene rings is 1. The van der Waals surface area contributed by atoms with Crippen molar-refractivity contribution >= 4 is 16.0 Å². The van der Waals surface area contributed by atoms with E-state index < -0.39 is 10.0 Å². The Kier molecular flexibility index (Phi) is 8.28. The molecule has 0 aliphatic rings. The molecule has 0 aliphatic heterocycles. The minimum Gasteiger partial charge on any atom is -0.356 e. The highest BCUT2D eigenvalue weighted by Crippen LogP contribution is 2.08. The summed E-state index contributed by atoms with van der Waals surface area (Å²) in [5.41, 5.74) is 2.26. The summed E-state index contributed by atoms with van der Waals surface area (Å²) in [6, 6.07) is 10.2. The summed E-state index contributed by atoms with van der Waals surface area (Å²) < 4.78 is 27.1. The highest BCUT2D eigenvalue weighted by atomic mass is 32.2. The first-order valence-corrected chi connectivity index (χ1v) is 10.7. The fourth-order valence-corrected chi connectivity index (χ4v) is 3.07. The van der Waals surface area contributed by atoms with Crippen LogP contribution < -0.4 is 15.4 Å². The van der Waals surface area contributed by atoms with Gasteiger partial charge in [-0.15, -0.1) is 0 Å². The molecule has 0 saturated carbocycles. The third kappa shape index (κ3) is 7.40. The van der Waals surface area contributed by atoms with Gasteiger partial charge in [-0.25, -0.2) is 17.8 Å². The van der Waals surface area contributed by atoms with Crippen LogP contribution in [-0.4, -0.2) is 56.6 Å². The number of aliphatic imine (C=N–C) groups is 1. The molecule has 1 heterocycles. The SMILES string of the molecule is CCS(=O)(=O)NCCCNC(=NC)NCCc1ccc(-n2cccn2)cc1. The van der Waals surface area contributed by atoms with Crippen molar-refractivity contribution in [2.45, 2.75) is 19.8 Å². The summed E-state index contributed by atoms with van der Waals surface area (Å²) in [5.74, 6) is 0.813. The van der Waals surface area contributed by atoms with Gasteiger partial charge in [0, 0.05) is 39.1 Å². The van der Waals surface area contributed by atoms with Crippen LogP contribution in [0.15, 0.2) is 47.7 Å². The monoisotopic (exact) mass is 392 g/mol. The second-order valence-electron chi connectivity index (χ2n) is 5.94. The summed E-state index contributed by atoms with van der Waals surface area (Å²) in [6.07, 6.45) is 5.24. The largest absolute Gasteiger partial charge is 0.356 e. The molecule has 0 unspecified atom stereocenters. The van der Waals surface area contributed by atoms with E-state index in [9.17, 15) is 8.42 Å². The van der Waals surface area contributed by atoms with Crippen LogP contribution in [0.5, 0.6) is 0 Å². The summed E-state index contributed by atoms with van der Waals surface area (Å²) in [5, 5.41) is 10.7. The maximum atomic E-state index is 11.3. The molecule has 2 rings (SSSR count). The predicted octanol–water partition coefficient (Wildman–Crippen LogP) is 0.909. The Labute approximate surface area is 161 Å². The van der Waals surface area contributed by atoms with Crippen LogP contribution in [-0.2, 0) is 16.4 Å². The quantitative estimate of drug-likeness (QED) is 0.317. The lowest BCUT2D eigenvalue weighted by Crippen LogP contribution is -2.39. The third-order valence-corrected chi connectivity index (χ3v) is 5.39. The van der Waals surface area contributed by atoms with Crippen LogP contribution >= 0.6 is 0 Å². The Morgan fingerprint density at radius 3 is 2.52 bits per heavy atom. The third-order valence-electron chi connectivity index (χ3n) is 3.98. The number of aromatic nitrogens is 2. The summed E-state index contributed by atoms with van der Waals surface area (Å²) in [4.78, 5) is 4.17. The molecule has 0 radical (unpaired) electrons. The van der Waals surface area contributed by atoms with Gasteiger partial charge in [0.2, 0.25) is 10.0 Å². The van der Waals surface area contributed by atoms with E-state index >= 15 is 0 Å². The fourth-order valence-electron chi connectivity index (χ4n) is 2.41. The normalized spacial score (nSPS) is 12.1. The van der Waals surface area contributed by atoms with Gasteiger partial charge in [-0.1, -0.05) is 12.1 Å². The first kappa shape index (κ1) is 20.9. The molecule has 0 atom stereocenters. The van der Waals surface area contributed by atoms with E-state index in [-0.39, 0.29) is 5.75 Å². The minimum atomic E-state index is -3.12. The van der Waals surface area contributed by atoms with Crippen LogP contribution in [0, 0.1) is 0 Å². The van der Waals surface area contributed by atoms with Gasteiger partial charge in [-0.2, -0.15) is 5.10 Å². The molecule has 27 heavy (non-hydrogen) atoms. The average Bonchev–Trinajstić information content (AvgIpc) is 3.21. The van der Waals surface area contributed by atoms with E-state index in [1.165, 1.54) is 5.56 Å². The Hall–Kier alpha value is -2.39. The molecular formula is C18H28N6O2S. The number of hydrogen-bond acceptors (Lipinski definition) is 4. The molecule has 9 heteroatoms. The zero-order chi connectivity index (χ0) is 19.5. The van der Waals surface area contributed by atoms with Crippen LogP contribution in [0.4, 0.5) is 0 Å². The van der Waals surface area contributed by atoms with Crippen molar-refractivity contribution < 1.29 is 8.42 Å². The molecule has 0 spiro atoms. The average molecular weight is 393 g/mol. The van der Waals surface area contributed by atoms with Gasteiger partial charge in [0.25, 0.3) is 0 Å². The predicted molar refractivity (Wildman–Crippen MR) is 109 cm³/mol. The van der Waals surface area contributed by atoms with Gasteiger partial charge in [0.05, 0.1) is 11.4 Å². The number of nitrogens with zero attached hydrogens (tertiary/aromatic N) is 3. The summed E-state index contributed by atoms with van der Waals surface area (Å²) in [6.45, 7) is 3.44. The van der Waals surface area contributed by atoms with Gasteiger partial charge in [-0.3, -0.25) is 4.99 Å². The molecule has 3 N–H and O–H groups in total. The van der Waals surface area contributed by atoms with Crippen molar-refractivity contribution in [3.63, 3.8) is 0 Å². The molecule has 1 aromatic carbocycles. The number of rotatable bonds is 10. The zero-order valence-electron chi connectivity index (χ0n) is 15.9. The molecule has 2 aromatic rings. The minimum absolute atomic E-state index is 0.104. The van der Waals surface area contributed by atoms with Gasteiger partial charge >= 0.3 is 0 Å². The van der Waals surface area contributed by atoms with Crippen molar-refractivity contribution in [2.24, 2.45) is 4.99 Å². The Morgan fingerprint density at radius 2 is 1.89 bits per heavy atom. The molecule has 148 valence electrons. The van der Waals surface area contributed by atoms with E-state index in [0.717, 1.165) is 18.7 Å². The highest BCUT2D eigenvalue weighted by Gasteiger charge is 2.04. The summed E-state index contributed by atoms with van der Waals surface area (Å²) in [7, 11) is -1.40. The maximum absolute atomic E-state index is 11.3. The van der Waals surface area contributed by atoms with Crippen molar-refractivity contribution in [1.82, 2.24) is 25.1 Å². The number of nitrogens with one attached hydrogen (secondary N) is 3. The molecule has 0 bridgehead atoms. The van der Waals surface area contributed by atoms with E-state index in [2.05, 4.69) is 37.6 Å². The molecule has 0 fully saturated rings. The molecule has 8 nitrogen and oxygen atoms in total. The molecule has 0 amide bonds. The first-order valence-electron chi connectivity index (χ1n) is 9.05. The van der Waals surface area contributed by atoms with E-state index in [1.54, 1.807) is 20.2 Å². The van der Waals surface area contributed by atoms with E-state index in [0.29, 0.717) is 25.5 Å². The standard InChI is InChI=1S/C18H28N6O2S/c1-3-27(25,26)23-13-4-11-20-18(19-2)21-14-10-16-6-8-17(9-7-16)24-15-5-12-22-24/h5-9,12,15,23H,3-4,10-11,13-14H2,1-2H3,(H2,19,20,21). The second kappa shape index (κ2) is 10.7. The fraction of sp³-hybridized carbons (Fsp3) is 0.444. The Morgan fingerprint density at radius 1 is 1.15 bits per heavy atom. The lowest BCUT2D eigenvalue weighted by Gasteiger charge is -2.12. The van der Waals surface area contributed by atoms with Crippen LogP contribution in [0.3, 0.4) is 0 Å². The van der Waals surface area contributed by atoms with Crippen LogP contribution in [0.2, 0.25) is 0 Å². The molecule has 1 aromatic heterocycles. The van der Waals surface area contributed by atoms with Gasteiger partial charge in [0.15, 0.2) is 5.96 Å². The Balaban J connectivity index is 1.66. The van der Waals surface area contributed by atoms with Gasteiger partial charge in [0.1, 0.15) is 0 Å². The van der Waals surface area contributed by atoms with Gasteiger partial charge < -0.3 is 10.6 Å². The lowest BCUT2D eigenvalue weighted by atomic mass is 10.1. The molecule has 0 aliphatic carbocycles. The van der Waals surface area contributed by atoms with Crippen LogP contribution in [0.25, 0.3) is 5.69 Å². The van der Waals surface area contributed by atoms with Crippen LogP contribution in [0.1, 0.15) is 18.9 Å². The highest BCUT2D eigenvalue weighted by molar-refractivity contribution is 7.89. The van der Waals surface area contributed by atoms with Crippen molar-refractivity contribution in [2.75, 3.05) is 32.4 Å². The Bertz CT molecular complexity index is 801. The van der Waals surface area contributed by atoms with Crippen molar-refractivity contribution in [1.29, 1.82) is 0 Å². The van der Waals surface area contributed by atoms with Crippen molar-refractivity contribution in [3.8, 4) is 5.69 Å². The zero-order valence-corrected chi connectivity index (χ0v) is 16.7. The van der Waals surface area contributed by atoms with E-state index in [1.807, 2.05) is 29.1 Å². The molecular weight excluding hydrogens is 364 g/mol. The summed E-state index contributed by atoms with van der Waals surface area (Å²) >= 11 is 0. The molecule has 0 saturated heterocycles. The first-order chi connectivity index (χ1) is 13.0. The number of hydrogen-bond donors (Lipinski definition) is 3. The number of sulfonamides is 1. The number of guanidine groups is 1. The van der Waals surface area contributed by atoms with E-state index in [4.69, 9.17) is 0 Å².